The lowest BCUT2D eigenvalue weighted by Gasteiger charge is -2.14. The van der Waals surface area contributed by atoms with E-state index in [0.717, 1.165) is 0 Å². The molecule has 1 aromatic carbocycles. The molecule has 0 bridgehead atoms. The van der Waals surface area contributed by atoms with Crippen molar-refractivity contribution < 1.29 is 29.0 Å². The summed E-state index contributed by atoms with van der Waals surface area (Å²) in [6.07, 6.45) is 0.223. The van der Waals surface area contributed by atoms with Crippen LogP contribution in [0.2, 0.25) is 0 Å². The number of carbonyl (C=O) groups excluding carboxylic acids is 3. The molecule has 8 heteroatoms. The molecule has 2 heterocycles. The van der Waals surface area contributed by atoms with Gasteiger partial charge in [-0.1, -0.05) is 12.1 Å². The van der Waals surface area contributed by atoms with Crippen LogP contribution in [0.15, 0.2) is 24.3 Å². The molecule has 1 fully saturated rings. The number of rotatable bonds is 7. The molecule has 1 aromatic rings. The van der Waals surface area contributed by atoms with Crippen molar-refractivity contribution in [2.75, 3.05) is 13.1 Å². The molecule has 0 unspecified atom stereocenters. The van der Waals surface area contributed by atoms with Gasteiger partial charge < -0.3 is 15.2 Å². The van der Waals surface area contributed by atoms with Crippen LogP contribution in [0.1, 0.15) is 46.4 Å². The fourth-order valence-electron chi connectivity index (χ4n) is 3.17. The van der Waals surface area contributed by atoms with Crippen LogP contribution in [0.25, 0.3) is 0 Å². The molecule has 0 radical (unpaired) electrons. The third-order valence-corrected chi connectivity index (χ3v) is 4.57. The first-order valence-corrected chi connectivity index (χ1v) is 8.60. The molecular formula is C18H20N2O6. The van der Waals surface area contributed by atoms with Gasteiger partial charge in [0.15, 0.2) is 6.10 Å². The molecule has 26 heavy (non-hydrogen) atoms. The normalized spacial score (nSPS) is 21.8. The van der Waals surface area contributed by atoms with Gasteiger partial charge in [-0.05, 0) is 37.8 Å². The highest BCUT2D eigenvalue weighted by molar-refractivity contribution is 6.21. The van der Waals surface area contributed by atoms with E-state index >= 15 is 0 Å². The van der Waals surface area contributed by atoms with E-state index in [1.807, 2.05) is 0 Å². The summed E-state index contributed by atoms with van der Waals surface area (Å²) >= 11 is 0. The summed E-state index contributed by atoms with van der Waals surface area (Å²) in [5, 5.41) is 11.6. The van der Waals surface area contributed by atoms with E-state index < -0.39 is 18.2 Å². The molecule has 3 amide bonds. The Bertz CT molecular complexity index is 712. The Morgan fingerprint density at radius 1 is 1.08 bits per heavy atom. The Morgan fingerprint density at radius 2 is 1.69 bits per heavy atom. The Morgan fingerprint density at radius 3 is 2.27 bits per heavy atom. The van der Waals surface area contributed by atoms with Crippen LogP contribution in [0, 0.1) is 0 Å². The van der Waals surface area contributed by atoms with Gasteiger partial charge in [-0.15, -0.1) is 0 Å². The smallest absolute Gasteiger partial charge is 0.332 e. The van der Waals surface area contributed by atoms with Crippen molar-refractivity contribution in [3.05, 3.63) is 35.4 Å². The van der Waals surface area contributed by atoms with Crippen LogP contribution >= 0.6 is 0 Å². The van der Waals surface area contributed by atoms with Gasteiger partial charge in [-0.25, -0.2) is 4.79 Å². The van der Waals surface area contributed by atoms with Gasteiger partial charge >= 0.3 is 5.97 Å². The topological polar surface area (TPSA) is 113 Å². The van der Waals surface area contributed by atoms with E-state index in [4.69, 9.17) is 9.84 Å². The summed E-state index contributed by atoms with van der Waals surface area (Å²) < 4.78 is 5.18. The number of amides is 3. The number of nitrogens with one attached hydrogen (secondary N) is 1. The largest absolute Gasteiger partial charge is 0.479 e. The van der Waals surface area contributed by atoms with Crippen molar-refractivity contribution in [2.45, 2.75) is 37.9 Å². The SMILES string of the molecule is O=C(NCCCCN1C(=O)c2ccccc2C1=O)[C@@H]1CC[C@H](C(=O)O)O1. The lowest BCUT2D eigenvalue weighted by atomic mass is 10.1. The van der Waals surface area contributed by atoms with Gasteiger partial charge in [-0.2, -0.15) is 0 Å². The van der Waals surface area contributed by atoms with Gasteiger partial charge in [-0.3, -0.25) is 19.3 Å². The average Bonchev–Trinajstić information content (AvgIpc) is 3.21. The van der Waals surface area contributed by atoms with Crippen molar-refractivity contribution >= 4 is 23.7 Å². The summed E-state index contributed by atoms with van der Waals surface area (Å²) in [4.78, 5) is 48.4. The predicted molar refractivity (Wildman–Crippen MR) is 89.6 cm³/mol. The monoisotopic (exact) mass is 360 g/mol. The van der Waals surface area contributed by atoms with E-state index in [0.29, 0.717) is 49.9 Å². The lowest BCUT2D eigenvalue weighted by molar-refractivity contribution is -0.151. The van der Waals surface area contributed by atoms with Gasteiger partial charge in [0.05, 0.1) is 11.1 Å². The summed E-state index contributed by atoms with van der Waals surface area (Å²) in [6.45, 7) is 0.669. The first-order valence-electron chi connectivity index (χ1n) is 8.60. The number of carboxylic acids is 1. The maximum atomic E-state index is 12.2. The average molecular weight is 360 g/mol. The molecule has 0 spiro atoms. The van der Waals surface area contributed by atoms with Crippen molar-refractivity contribution in [3.8, 4) is 0 Å². The molecule has 8 nitrogen and oxygen atoms in total. The second kappa shape index (κ2) is 7.65. The molecule has 138 valence electrons. The summed E-state index contributed by atoms with van der Waals surface area (Å²) in [5.74, 6) is -1.95. The first-order chi connectivity index (χ1) is 12.5. The van der Waals surface area contributed by atoms with Crippen molar-refractivity contribution in [2.24, 2.45) is 0 Å². The Balaban J connectivity index is 1.38. The third kappa shape index (κ3) is 3.60. The van der Waals surface area contributed by atoms with Crippen LogP contribution in [0.5, 0.6) is 0 Å². The van der Waals surface area contributed by atoms with Crippen molar-refractivity contribution in [1.82, 2.24) is 10.2 Å². The number of aliphatic carboxylic acids is 1. The van der Waals surface area contributed by atoms with E-state index in [2.05, 4.69) is 5.32 Å². The molecule has 0 aliphatic carbocycles. The molecule has 0 aromatic heterocycles. The maximum Gasteiger partial charge on any atom is 0.332 e. The quantitative estimate of drug-likeness (QED) is 0.550. The number of hydrogen-bond donors (Lipinski definition) is 2. The second-order valence-corrected chi connectivity index (χ2v) is 6.33. The third-order valence-electron chi connectivity index (χ3n) is 4.57. The Hall–Kier alpha value is -2.74. The maximum absolute atomic E-state index is 12.2. The highest BCUT2D eigenvalue weighted by atomic mass is 16.5. The first kappa shape index (κ1) is 18.1. The van der Waals surface area contributed by atoms with Crippen LogP contribution in [0.4, 0.5) is 0 Å². The molecule has 3 rings (SSSR count). The van der Waals surface area contributed by atoms with Crippen molar-refractivity contribution in [1.29, 1.82) is 0 Å². The van der Waals surface area contributed by atoms with Crippen molar-refractivity contribution in [3.63, 3.8) is 0 Å². The van der Waals surface area contributed by atoms with Crippen LogP contribution in [0.3, 0.4) is 0 Å². The Kier molecular flexibility index (Phi) is 5.32. The molecule has 2 aliphatic rings. The zero-order valence-corrected chi connectivity index (χ0v) is 14.1. The van der Waals surface area contributed by atoms with Crippen LogP contribution in [-0.4, -0.2) is 59.0 Å². The van der Waals surface area contributed by atoms with E-state index in [-0.39, 0.29) is 17.7 Å². The second-order valence-electron chi connectivity index (χ2n) is 6.33. The zero-order valence-electron chi connectivity index (χ0n) is 14.1. The van der Waals surface area contributed by atoms with E-state index in [1.54, 1.807) is 24.3 Å². The standard InChI is InChI=1S/C18H20N2O6/c21-15(13-7-8-14(26-13)18(24)25)19-9-3-4-10-20-16(22)11-5-1-2-6-12(11)17(20)23/h1-2,5-6,13-14H,3-4,7-10H2,(H,19,21)(H,24,25)/t13-,14+/m0/s1. The fourth-order valence-corrected chi connectivity index (χ4v) is 3.17. The number of fused-ring (bicyclic) bond motifs is 1. The minimum atomic E-state index is -1.05. The number of imide groups is 1. The highest BCUT2D eigenvalue weighted by Crippen LogP contribution is 2.22. The molecule has 2 aliphatic heterocycles. The van der Waals surface area contributed by atoms with E-state index in [9.17, 15) is 19.2 Å². The van der Waals surface area contributed by atoms with Crippen LogP contribution < -0.4 is 5.32 Å². The van der Waals surface area contributed by atoms with Gasteiger partial charge in [0.2, 0.25) is 5.91 Å². The molecular weight excluding hydrogens is 340 g/mol. The Labute approximate surface area is 150 Å². The number of benzene rings is 1. The van der Waals surface area contributed by atoms with E-state index in [1.165, 1.54) is 4.90 Å². The molecule has 0 saturated carbocycles. The van der Waals surface area contributed by atoms with Gasteiger partial charge in [0, 0.05) is 13.1 Å². The number of ether oxygens (including phenoxy) is 1. The summed E-state index contributed by atoms with van der Waals surface area (Å²) in [5.41, 5.74) is 0.856. The lowest BCUT2D eigenvalue weighted by Crippen LogP contribution is -2.36. The van der Waals surface area contributed by atoms with Gasteiger partial charge in [0.25, 0.3) is 11.8 Å². The summed E-state index contributed by atoms with van der Waals surface area (Å²) in [7, 11) is 0. The van der Waals surface area contributed by atoms with Gasteiger partial charge in [0.1, 0.15) is 6.10 Å². The number of nitrogens with zero attached hydrogens (tertiary/aromatic N) is 1. The number of carboxylic acid groups (broad SMARTS) is 1. The van der Waals surface area contributed by atoms with Crippen LogP contribution in [-0.2, 0) is 14.3 Å². The predicted octanol–water partition coefficient (Wildman–Crippen LogP) is 0.811. The minimum absolute atomic E-state index is 0.284. The number of hydrogen-bond acceptors (Lipinski definition) is 5. The number of unbranched alkanes of at least 4 members (excludes halogenated alkanes) is 1. The minimum Gasteiger partial charge on any atom is -0.479 e. The number of carbonyl (C=O) groups is 4. The molecule has 1 saturated heterocycles. The molecule has 2 N–H and O–H groups in total. The fraction of sp³-hybridized carbons (Fsp3) is 0.444. The summed E-state index contributed by atoms with van der Waals surface area (Å²) in [6, 6.07) is 6.73. The highest BCUT2D eigenvalue weighted by Gasteiger charge is 2.35. The zero-order chi connectivity index (χ0) is 18.7. The molecule has 2 atom stereocenters.